The fourth-order valence-corrected chi connectivity index (χ4v) is 2.00. The Morgan fingerprint density at radius 3 is 2.72 bits per heavy atom. The van der Waals surface area contributed by atoms with Crippen molar-refractivity contribution in [1.82, 2.24) is 0 Å². The lowest BCUT2D eigenvalue weighted by Gasteiger charge is -2.28. The van der Waals surface area contributed by atoms with E-state index in [1.54, 1.807) is 6.07 Å². The van der Waals surface area contributed by atoms with Gasteiger partial charge in [-0.05, 0) is 24.6 Å². The molecule has 2 rings (SSSR count). The largest absolute Gasteiger partial charge is 0.416 e. The molecule has 1 aliphatic heterocycles. The van der Waals surface area contributed by atoms with Crippen molar-refractivity contribution in [2.45, 2.75) is 18.1 Å². The molecule has 1 atom stereocenters. The first-order chi connectivity index (χ1) is 8.45. The minimum absolute atomic E-state index is 0.323. The summed E-state index contributed by atoms with van der Waals surface area (Å²) in [5.41, 5.74) is 4.97. The first-order valence-electron chi connectivity index (χ1n) is 5.68. The second kappa shape index (κ2) is 4.78. The highest BCUT2D eigenvalue weighted by molar-refractivity contribution is 5.49. The molecule has 1 heterocycles. The van der Waals surface area contributed by atoms with Crippen molar-refractivity contribution in [3.8, 4) is 0 Å². The van der Waals surface area contributed by atoms with Crippen molar-refractivity contribution in [3.05, 3.63) is 29.8 Å². The molecule has 0 bridgehead atoms. The van der Waals surface area contributed by atoms with Gasteiger partial charge in [-0.2, -0.15) is 13.2 Å². The van der Waals surface area contributed by atoms with Gasteiger partial charge in [-0.3, -0.25) is 0 Å². The number of hydrogen-bond donors (Lipinski definition) is 2. The number of ether oxygens (including phenoxy) is 1. The summed E-state index contributed by atoms with van der Waals surface area (Å²) in [5.74, 6) is 0. The van der Waals surface area contributed by atoms with Gasteiger partial charge in [0.05, 0.1) is 17.7 Å². The fourth-order valence-electron chi connectivity index (χ4n) is 2.00. The Morgan fingerprint density at radius 1 is 1.39 bits per heavy atom. The number of alkyl halides is 3. The average molecular weight is 260 g/mol. The number of hydrogen-bond acceptors (Lipinski definition) is 3. The van der Waals surface area contributed by atoms with Crippen LogP contribution in [0.25, 0.3) is 0 Å². The van der Waals surface area contributed by atoms with Crippen LogP contribution in [0.3, 0.4) is 0 Å². The summed E-state index contributed by atoms with van der Waals surface area (Å²) in [6.07, 6.45) is -3.64. The molecule has 3 nitrogen and oxygen atoms in total. The Morgan fingerprint density at radius 2 is 2.17 bits per heavy atom. The van der Waals surface area contributed by atoms with Gasteiger partial charge >= 0.3 is 6.18 Å². The second-order valence-corrected chi connectivity index (χ2v) is 4.49. The Hall–Kier alpha value is -1.27. The summed E-state index contributed by atoms with van der Waals surface area (Å²) >= 11 is 0. The highest BCUT2D eigenvalue weighted by Crippen LogP contribution is 2.32. The van der Waals surface area contributed by atoms with Crippen LogP contribution in [0, 0.1) is 0 Å². The molecule has 100 valence electrons. The number of halogens is 3. The zero-order valence-corrected chi connectivity index (χ0v) is 9.76. The van der Waals surface area contributed by atoms with Crippen LogP contribution in [0.2, 0.25) is 0 Å². The predicted octanol–water partition coefficient (Wildman–Crippen LogP) is 2.24. The molecule has 6 heteroatoms. The molecule has 0 spiro atoms. The average Bonchev–Trinajstić information content (AvgIpc) is 2.77. The second-order valence-electron chi connectivity index (χ2n) is 4.49. The number of benzene rings is 1. The molecular formula is C12H15F3N2O. The molecule has 1 aromatic rings. The Bertz CT molecular complexity index is 414. The third-order valence-corrected chi connectivity index (χ3v) is 3.09. The van der Waals surface area contributed by atoms with Crippen LogP contribution < -0.4 is 11.1 Å². The van der Waals surface area contributed by atoms with E-state index in [4.69, 9.17) is 10.5 Å². The van der Waals surface area contributed by atoms with Gasteiger partial charge in [0.2, 0.25) is 0 Å². The van der Waals surface area contributed by atoms with Gasteiger partial charge < -0.3 is 15.8 Å². The van der Waals surface area contributed by atoms with Gasteiger partial charge in [0.25, 0.3) is 0 Å². The van der Waals surface area contributed by atoms with Gasteiger partial charge in [0.15, 0.2) is 0 Å². The molecule has 1 fully saturated rings. The lowest BCUT2D eigenvalue weighted by molar-refractivity contribution is -0.137. The highest BCUT2D eigenvalue weighted by atomic mass is 19.4. The Labute approximate surface area is 103 Å². The standard InChI is InChI=1S/C12H15F3N2O/c13-12(14,15)9-2-1-3-10(6-9)17-11(7-16)4-5-18-8-11/h1-3,6,17H,4-5,7-8,16H2. The Balaban J connectivity index is 2.19. The van der Waals surface area contributed by atoms with Gasteiger partial charge in [-0.25, -0.2) is 0 Å². The summed E-state index contributed by atoms with van der Waals surface area (Å²) in [4.78, 5) is 0. The number of nitrogens with two attached hydrogens (primary N) is 1. The van der Waals surface area contributed by atoms with E-state index in [9.17, 15) is 13.2 Å². The van der Waals surface area contributed by atoms with Crippen LogP contribution in [0.5, 0.6) is 0 Å². The minimum Gasteiger partial charge on any atom is -0.379 e. The van der Waals surface area contributed by atoms with Gasteiger partial charge in [0, 0.05) is 18.8 Å². The van der Waals surface area contributed by atoms with E-state index in [1.807, 2.05) is 0 Å². The summed E-state index contributed by atoms with van der Waals surface area (Å²) in [6, 6.07) is 5.12. The van der Waals surface area contributed by atoms with Crippen molar-refractivity contribution < 1.29 is 17.9 Å². The molecule has 0 aromatic heterocycles. The molecule has 1 unspecified atom stereocenters. The van der Waals surface area contributed by atoms with E-state index < -0.39 is 17.3 Å². The monoisotopic (exact) mass is 260 g/mol. The van der Waals surface area contributed by atoms with Crippen LogP contribution in [0.1, 0.15) is 12.0 Å². The van der Waals surface area contributed by atoms with Crippen molar-refractivity contribution in [2.24, 2.45) is 5.73 Å². The van der Waals surface area contributed by atoms with Crippen LogP contribution in [-0.4, -0.2) is 25.3 Å². The molecule has 0 saturated carbocycles. The normalized spacial score (nSPS) is 24.2. The van der Waals surface area contributed by atoms with Gasteiger partial charge in [-0.15, -0.1) is 0 Å². The van der Waals surface area contributed by atoms with Gasteiger partial charge in [0.1, 0.15) is 0 Å². The van der Waals surface area contributed by atoms with E-state index >= 15 is 0 Å². The molecule has 18 heavy (non-hydrogen) atoms. The Kier molecular flexibility index (Phi) is 3.49. The van der Waals surface area contributed by atoms with Crippen LogP contribution in [-0.2, 0) is 10.9 Å². The lowest BCUT2D eigenvalue weighted by Crippen LogP contribution is -2.46. The van der Waals surface area contributed by atoms with E-state index in [-0.39, 0.29) is 0 Å². The summed E-state index contributed by atoms with van der Waals surface area (Å²) in [6.45, 7) is 1.31. The van der Waals surface area contributed by atoms with Gasteiger partial charge in [-0.1, -0.05) is 6.07 Å². The molecule has 1 aromatic carbocycles. The lowest BCUT2D eigenvalue weighted by atomic mass is 9.98. The predicted molar refractivity (Wildman–Crippen MR) is 62.3 cm³/mol. The zero-order chi connectivity index (χ0) is 13.2. The summed E-state index contributed by atoms with van der Waals surface area (Å²) in [5, 5.41) is 3.07. The maximum atomic E-state index is 12.6. The van der Waals surface area contributed by atoms with Crippen molar-refractivity contribution >= 4 is 5.69 Å². The van der Waals surface area contributed by atoms with E-state index in [2.05, 4.69) is 5.32 Å². The maximum absolute atomic E-state index is 12.6. The van der Waals surface area contributed by atoms with Crippen molar-refractivity contribution in [2.75, 3.05) is 25.1 Å². The molecule has 1 saturated heterocycles. The molecule has 0 radical (unpaired) electrons. The topological polar surface area (TPSA) is 47.3 Å². The van der Waals surface area contributed by atoms with E-state index in [1.165, 1.54) is 6.07 Å². The summed E-state index contributed by atoms with van der Waals surface area (Å²) < 4.78 is 43.0. The fraction of sp³-hybridized carbons (Fsp3) is 0.500. The van der Waals surface area contributed by atoms with Crippen LogP contribution in [0.15, 0.2) is 24.3 Å². The highest BCUT2D eigenvalue weighted by Gasteiger charge is 2.34. The van der Waals surface area contributed by atoms with Crippen molar-refractivity contribution in [1.29, 1.82) is 0 Å². The van der Waals surface area contributed by atoms with E-state index in [0.717, 1.165) is 12.1 Å². The minimum atomic E-state index is -4.33. The van der Waals surface area contributed by atoms with Crippen LogP contribution in [0.4, 0.5) is 18.9 Å². The third-order valence-electron chi connectivity index (χ3n) is 3.09. The quantitative estimate of drug-likeness (QED) is 0.876. The molecule has 0 aliphatic carbocycles. The maximum Gasteiger partial charge on any atom is 0.416 e. The number of nitrogens with one attached hydrogen (secondary N) is 1. The van der Waals surface area contributed by atoms with Crippen molar-refractivity contribution in [3.63, 3.8) is 0 Å². The zero-order valence-electron chi connectivity index (χ0n) is 9.76. The molecule has 1 aliphatic rings. The van der Waals surface area contributed by atoms with Crippen LogP contribution >= 0.6 is 0 Å². The first kappa shape index (κ1) is 13.2. The smallest absolute Gasteiger partial charge is 0.379 e. The third kappa shape index (κ3) is 2.76. The molecular weight excluding hydrogens is 245 g/mol. The number of rotatable bonds is 3. The first-order valence-corrected chi connectivity index (χ1v) is 5.68. The molecule has 3 N–H and O–H groups in total. The molecule has 0 amide bonds. The van der Waals surface area contributed by atoms with E-state index in [0.29, 0.717) is 31.9 Å². The number of anilines is 1. The SMILES string of the molecule is NCC1(Nc2cccc(C(F)(F)F)c2)CCOC1. The summed E-state index contributed by atoms with van der Waals surface area (Å²) in [7, 11) is 0.